The molecule has 0 aliphatic heterocycles. The Kier molecular flexibility index (Phi) is 10.3. The Morgan fingerprint density at radius 2 is 0.455 bits per heavy atom. The molecule has 0 spiro atoms. The molecule has 8 N–H and O–H groups in total. The molecular formula is H8O8Si2Ta. The van der Waals surface area contributed by atoms with E-state index in [-0.39, 0.29) is 22.4 Å². The van der Waals surface area contributed by atoms with Crippen molar-refractivity contribution in [2.24, 2.45) is 0 Å². The average Bonchev–Trinajstić information content (AvgIpc) is 1.12. The van der Waals surface area contributed by atoms with Gasteiger partial charge in [-0.2, -0.15) is 0 Å². The molecule has 0 fully saturated rings. The fourth-order valence-electron chi connectivity index (χ4n) is 0. The molecule has 0 unspecified atom stereocenters. The zero-order chi connectivity index (χ0) is 9.00. The molecule has 0 saturated carbocycles. The van der Waals surface area contributed by atoms with Gasteiger partial charge in [0.1, 0.15) is 0 Å². The SMILES string of the molecule is O[Si](O)(O)O.O[Si](O)(O)O.[Ta]. The van der Waals surface area contributed by atoms with Gasteiger partial charge in [0.2, 0.25) is 0 Å². The van der Waals surface area contributed by atoms with Gasteiger partial charge in [-0.05, 0) is 0 Å². The summed E-state index contributed by atoms with van der Waals surface area (Å²) in [5.41, 5.74) is 0. The first kappa shape index (κ1) is 17.8. The Morgan fingerprint density at radius 1 is 0.455 bits per heavy atom. The molecule has 69 valence electrons. The molecule has 11 heavy (non-hydrogen) atoms. The molecule has 0 aromatic carbocycles. The fraction of sp³-hybridized carbons (Fsp3) is 0. The Labute approximate surface area is 79.1 Å². The summed E-state index contributed by atoms with van der Waals surface area (Å²) in [6, 6.07) is 0. The third-order valence-electron chi connectivity index (χ3n) is 0. The fourth-order valence-corrected chi connectivity index (χ4v) is 0. The van der Waals surface area contributed by atoms with Crippen molar-refractivity contribution in [2.45, 2.75) is 0 Å². The van der Waals surface area contributed by atoms with Gasteiger partial charge in [-0.3, -0.25) is 0 Å². The van der Waals surface area contributed by atoms with E-state index in [0.717, 1.165) is 0 Å². The van der Waals surface area contributed by atoms with Crippen molar-refractivity contribution in [3.8, 4) is 0 Å². The van der Waals surface area contributed by atoms with Crippen LogP contribution < -0.4 is 0 Å². The van der Waals surface area contributed by atoms with Crippen LogP contribution in [0.3, 0.4) is 0 Å². The molecule has 0 atom stereocenters. The standard InChI is InChI=1S/2H4O4Si.Ta/c2*1-5(2,3)4;/h2*1-4H;. The maximum Gasteiger partial charge on any atom is 0.668 e. The molecule has 8 nitrogen and oxygen atoms in total. The number of hydrogen-bond donors (Lipinski definition) is 8. The summed E-state index contributed by atoms with van der Waals surface area (Å²) in [6.45, 7) is 0. The molecule has 0 amide bonds. The molecule has 0 saturated heterocycles. The molecule has 0 aliphatic carbocycles. The second-order valence-electron chi connectivity index (χ2n) is 1.20. The van der Waals surface area contributed by atoms with Gasteiger partial charge >= 0.3 is 18.1 Å². The van der Waals surface area contributed by atoms with Crippen LogP contribution in [0.15, 0.2) is 0 Å². The summed E-state index contributed by atoms with van der Waals surface area (Å²) < 4.78 is 0. The molecule has 0 rings (SSSR count). The van der Waals surface area contributed by atoms with Gasteiger partial charge < -0.3 is 38.4 Å². The Balaban J connectivity index is -0.000000107. The van der Waals surface area contributed by atoms with Gasteiger partial charge in [0, 0.05) is 22.4 Å². The average molecular weight is 373 g/mol. The van der Waals surface area contributed by atoms with E-state index in [1.807, 2.05) is 0 Å². The maximum atomic E-state index is 7.33. The van der Waals surface area contributed by atoms with Crippen molar-refractivity contribution >= 4 is 18.1 Å². The quantitative estimate of drug-likeness (QED) is 0.195. The van der Waals surface area contributed by atoms with E-state index in [0.29, 0.717) is 0 Å². The molecule has 0 bridgehead atoms. The van der Waals surface area contributed by atoms with Crippen molar-refractivity contribution < 1.29 is 60.7 Å². The van der Waals surface area contributed by atoms with Crippen molar-refractivity contribution in [1.82, 2.24) is 0 Å². The van der Waals surface area contributed by atoms with E-state index >= 15 is 0 Å². The van der Waals surface area contributed by atoms with Crippen LogP contribution in [0.1, 0.15) is 0 Å². The summed E-state index contributed by atoms with van der Waals surface area (Å²) in [4.78, 5) is 58.6. The van der Waals surface area contributed by atoms with Gasteiger partial charge in [-0.15, -0.1) is 0 Å². The smallest absolute Gasteiger partial charge is 0.368 e. The van der Waals surface area contributed by atoms with E-state index < -0.39 is 18.1 Å². The van der Waals surface area contributed by atoms with E-state index in [1.54, 1.807) is 0 Å². The van der Waals surface area contributed by atoms with Crippen LogP contribution in [0, 0.1) is 0 Å². The normalized spacial score (nSPS) is 10.9. The van der Waals surface area contributed by atoms with Crippen LogP contribution in [0.2, 0.25) is 0 Å². The van der Waals surface area contributed by atoms with Crippen LogP contribution >= 0.6 is 0 Å². The zero-order valence-corrected chi connectivity index (χ0v) is 10.2. The van der Waals surface area contributed by atoms with Gasteiger partial charge in [0.25, 0.3) is 0 Å². The number of hydrogen-bond acceptors (Lipinski definition) is 8. The molecule has 0 aromatic heterocycles. The Bertz CT molecular complexity index is 55.1. The predicted octanol–water partition coefficient (Wildman–Crippen LogP) is -5.22. The predicted molar refractivity (Wildman–Crippen MR) is 29.3 cm³/mol. The summed E-state index contributed by atoms with van der Waals surface area (Å²) in [5, 5.41) is 0. The van der Waals surface area contributed by atoms with Crippen LogP contribution in [0.25, 0.3) is 0 Å². The van der Waals surface area contributed by atoms with E-state index in [1.165, 1.54) is 0 Å². The molecule has 0 aromatic rings. The molecule has 1 radical (unpaired) electrons. The first-order chi connectivity index (χ1) is 4.00. The number of rotatable bonds is 0. The second-order valence-corrected chi connectivity index (χ2v) is 3.60. The zero-order valence-electron chi connectivity index (χ0n) is 5.02. The van der Waals surface area contributed by atoms with Gasteiger partial charge in [0.15, 0.2) is 0 Å². The summed E-state index contributed by atoms with van der Waals surface area (Å²) in [6.07, 6.45) is 0. The van der Waals surface area contributed by atoms with Crippen molar-refractivity contribution in [1.29, 1.82) is 0 Å². The first-order valence-electron chi connectivity index (χ1n) is 1.79. The molecule has 0 aliphatic rings. The topological polar surface area (TPSA) is 162 Å². The third kappa shape index (κ3) is 1170. The minimum absolute atomic E-state index is 0. The molecule has 11 heteroatoms. The van der Waals surface area contributed by atoms with E-state index in [4.69, 9.17) is 38.4 Å². The van der Waals surface area contributed by atoms with Crippen LogP contribution in [-0.2, 0) is 22.4 Å². The van der Waals surface area contributed by atoms with Crippen molar-refractivity contribution in [3.63, 3.8) is 0 Å². The second kappa shape index (κ2) is 6.38. The molecular weight excluding hydrogens is 365 g/mol. The monoisotopic (exact) mass is 373 g/mol. The maximum absolute atomic E-state index is 7.33. The van der Waals surface area contributed by atoms with Gasteiger partial charge in [-0.25, -0.2) is 0 Å². The third-order valence-corrected chi connectivity index (χ3v) is 0. The van der Waals surface area contributed by atoms with Crippen molar-refractivity contribution in [3.05, 3.63) is 0 Å². The minimum Gasteiger partial charge on any atom is -0.368 e. The summed E-state index contributed by atoms with van der Waals surface area (Å²) in [5.74, 6) is 0. The summed E-state index contributed by atoms with van der Waals surface area (Å²) in [7, 11) is -9.22. The molecule has 0 heterocycles. The van der Waals surface area contributed by atoms with Crippen molar-refractivity contribution in [2.75, 3.05) is 0 Å². The van der Waals surface area contributed by atoms with E-state index in [9.17, 15) is 0 Å². The van der Waals surface area contributed by atoms with Crippen LogP contribution in [0.4, 0.5) is 0 Å². The van der Waals surface area contributed by atoms with Crippen LogP contribution in [0.5, 0.6) is 0 Å². The summed E-state index contributed by atoms with van der Waals surface area (Å²) >= 11 is 0. The minimum atomic E-state index is -4.61. The Morgan fingerprint density at radius 3 is 0.455 bits per heavy atom. The van der Waals surface area contributed by atoms with Crippen LogP contribution in [-0.4, -0.2) is 56.5 Å². The van der Waals surface area contributed by atoms with Gasteiger partial charge in [-0.1, -0.05) is 0 Å². The Hall–Kier alpha value is 0.854. The largest absolute Gasteiger partial charge is 0.668 e. The van der Waals surface area contributed by atoms with Gasteiger partial charge in [0.05, 0.1) is 0 Å². The first-order valence-corrected chi connectivity index (χ1v) is 5.37. The van der Waals surface area contributed by atoms with E-state index in [2.05, 4.69) is 0 Å².